The first kappa shape index (κ1) is 37.3. The molecule has 0 fully saturated rings. The Bertz CT molecular complexity index is 1380. The van der Waals surface area contributed by atoms with Crippen LogP contribution in [0.1, 0.15) is 71.6 Å². The molecule has 0 aromatic heterocycles. The number of aromatic hydroxyl groups is 1. The molecule has 0 heterocycles. The van der Waals surface area contributed by atoms with Crippen molar-refractivity contribution in [2.75, 3.05) is 6.54 Å². The Morgan fingerprint density at radius 1 is 0.891 bits per heavy atom. The van der Waals surface area contributed by atoms with Crippen LogP contribution in [-0.2, 0) is 35.1 Å². The van der Waals surface area contributed by atoms with Crippen molar-refractivity contribution >= 4 is 29.8 Å². The van der Waals surface area contributed by atoms with Crippen molar-refractivity contribution in [2.45, 2.75) is 90.1 Å². The monoisotopic (exact) mass is 638 g/mol. The summed E-state index contributed by atoms with van der Waals surface area (Å²) < 4.78 is 10.9. The third kappa shape index (κ3) is 12.3. The second kappa shape index (κ2) is 16.4. The molecular formula is C34H46N4O8. The van der Waals surface area contributed by atoms with Crippen LogP contribution in [0.4, 0.5) is 4.79 Å². The predicted octanol–water partition coefficient (Wildman–Crippen LogP) is 3.68. The first-order valence-electron chi connectivity index (χ1n) is 15.0. The van der Waals surface area contributed by atoms with Gasteiger partial charge in [0, 0.05) is 24.9 Å². The van der Waals surface area contributed by atoms with Crippen molar-refractivity contribution in [2.24, 2.45) is 5.73 Å². The molecule has 4 amide bonds. The van der Waals surface area contributed by atoms with E-state index < -0.39 is 59.1 Å². The van der Waals surface area contributed by atoms with Crippen molar-refractivity contribution in [3.05, 3.63) is 78.4 Å². The Morgan fingerprint density at radius 3 is 2.02 bits per heavy atom. The van der Waals surface area contributed by atoms with Crippen molar-refractivity contribution < 1.29 is 38.6 Å². The van der Waals surface area contributed by atoms with E-state index in [0.717, 1.165) is 10.5 Å². The number of rotatable bonds is 14. The van der Waals surface area contributed by atoms with Crippen LogP contribution >= 0.6 is 0 Å². The van der Waals surface area contributed by atoms with Crippen molar-refractivity contribution in [1.82, 2.24) is 15.5 Å². The Labute approximate surface area is 270 Å². The number of benzene rings is 2. The standard InChI is InChI=1S/C34H46N4O8/c1-8-20-38(30(42)24(18-19-27(35)40)37-32(44)46-34(5,6)7)28(23-16-12-13-17-26(23)39)29(41)36-25(31(43)45-33(2,3)4)21-22-14-10-9-11-15-22/h8-17,24-25,28,39H,1,18-21H2,2-7H3,(H2,35,40)(H,36,41)(H,37,44). The first-order chi connectivity index (χ1) is 21.4. The molecule has 3 atom stereocenters. The van der Waals surface area contributed by atoms with Gasteiger partial charge in [-0.15, -0.1) is 6.58 Å². The largest absolute Gasteiger partial charge is 0.508 e. The SMILES string of the molecule is C=CCN(C(=O)C(CCC(N)=O)NC(=O)OC(C)(C)C)C(C(=O)NC(Cc1ccccc1)C(=O)OC(C)(C)C)c1ccccc1O. The average molecular weight is 639 g/mol. The van der Waals surface area contributed by atoms with E-state index in [9.17, 15) is 29.1 Å². The third-order valence-electron chi connectivity index (χ3n) is 6.36. The molecule has 46 heavy (non-hydrogen) atoms. The van der Waals surface area contributed by atoms with Gasteiger partial charge in [0.2, 0.25) is 17.7 Å². The lowest BCUT2D eigenvalue weighted by Crippen LogP contribution is -2.55. The lowest BCUT2D eigenvalue weighted by atomic mass is 9.99. The molecule has 0 aliphatic carbocycles. The Balaban J connectivity index is 2.60. The topological polar surface area (TPSA) is 177 Å². The van der Waals surface area contributed by atoms with Gasteiger partial charge in [-0.05, 0) is 59.6 Å². The zero-order chi connectivity index (χ0) is 34.7. The summed E-state index contributed by atoms with van der Waals surface area (Å²) in [6.45, 7) is 13.5. The summed E-state index contributed by atoms with van der Waals surface area (Å²) in [5.74, 6) is -3.31. The number of para-hydroxylation sites is 1. The molecule has 0 saturated carbocycles. The number of nitrogens with zero attached hydrogens (tertiary/aromatic N) is 1. The minimum absolute atomic E-state index is 0.0452. The van der Waals surface area contributed by atoms with Gasteiger partial charge in [0.25, 0.3) is 0 Å². The van der Waals surface area contributed by atoms with Gasteiger partial charge in [-0.2, -0.15) is 0 Å². The maximum Gasteiger partial charge on any atom is 0.408 e. The maximum atomic E-state index is 14.2. The van der Waals surface area contributed by atoms with E-state index in [1.165, 1.54) is 18.2 Å². The van der Waals surface area contributed by atoms with Gasteiger partial charge in [0.15, 0.2) is 0 Å². The van der Waals surface area contributed by atoms with Crippen LogP contribution in [0.2, 0.25) is 0 Å². The zero-order valence-corrected chi connectivity index (χ0v) is 27.4. The second-order valence-corrected chi connectivity index (χ2v) is 12.7. The zero-order valence-electron chi connectivity index (χ0n) is 27.4. The number of alkyl carbamates (subject to hydrolysis) is 1. The van der Waals surface area contributed by atoms with E-state index in [-0.39, 0.29) is 37.1 Å². The van der Waals surface area contributed by atoms with E-state index in [4.69, 9.17) is 15.2 Å². The number of esters is 1. The quantitative estimate of drug-likeness (QED) is 0.179. The molecule has 0 radical (unpaired) electrons. The number of phenolic OH excluding ortho intramolecular Hbond substituents is 1. The number of phenols is 1. The highest BCUT2D eigenvalue weighted by Crippen LogP contribution is 2.30. The molecule has 2 rings (SSSR count). The molecule has 0 bridgehead atoms. The molecular weight excluding hydrogens is 592 g/mol. The lowest BCUT2D eigenvalue weighted by molar-refractivity contribution is -0.159. The van der Waals surface area contributed by atoms with Gasteiger partial charge in [0.05, 0.1) is 0 Å². The number of nitrogens with one attached hydrogen (secondary N) is 2. The summed E-state index contributed by atoms with van der Waals surface area (Å²) in [6.07, 6.45) is 0.0486. The molecule has 12 nitrogen and oxygen atoms in total. The van der Waals surface area contributed by atoms with Crippen LogP contribution in [-0.4, -0.2) is 69.6 Å². The molecule has 2 aromatic rings. The summed E-state index contributed by atoms with van der Waals surface area (Å²) in [5, 5.41) is 16.1. The molecule has 0 aliphatic rings. The lowest BCUT2D eigenvalue weighted by Gasteiger charge is -2.35. The van der Waals surface area contributed by atoms with Crippen LogP contribution in [0, 0.1) is 0 Å². The Hall–Kier alpha value is -4.87. The van der Waals surface area contributed by atoms with Crippen LogP contribution < -0.4 is 16.4 Å². The Kier molecular flexibility index (Phi) is 13.3. The molecule has 0 spiro atoms. The number of nitrogens with two attached hydrogens (primary N) is 1. The molecule has 12 heteroatoms. The molecule has 0 saturated heterocycles. The summed E-state index contributed by atoms with van der Waals surface area (Å²) in [4.78, 5) is 67.3. The number of hydrogen-bond acceptors (Lipinski definition) is 8. The Morgan fingerprint density at radius 2 is 1.48 bits per heavy atom. The van der Waals surface area contributed by atoms with Crippen LogP contribution in [0.5, 0.6) is 5.75 Å². The van der Waals surface area contributed by atoms with Crippen LogP contribution in [0.3, 0.4) is 0 Å². The summed E-state index contributed by atoms with van der Waals surface area (Å²) in [6, 6.07) is 10.9. The van der Waals surface area contributed by atoms with Crippen molar-refractivity contribution in [1.29, 1.82) is 0 Å². The van der Waals surface area contributed by atoms with Gasteiger partial charge in [0.1, 0.15) is 35.1 Å². The smallest absolute Gasteiger partial charge is 0.408 e. The molecule has 5 N–H and O–H groups in total. The van der Waals surface area contributed by atoms with Gasteiger partial charge >= 0.3 is 12.1 Å². The summed E-state index contributed by atoms with van der Waals surface area (Å²) >= 11 is 0. The predicted molar refractivity (Wildman–Crippen MR) is 172 cm³/mol. The number of carbonyl (C=O) groups excluding carboxylic acids is 5. The van der Waals surface area contributed by atoms with Crippen LogP contribution in [0.25, 0.3) is 0 Å². The average Bonchev–Trinajstić information content (AvgIpc) is 2.93. The van der Waals surface area contributed by atoms with Gasteiger partial charge < -0.3 is 35.8 Å². The van der Waals surface area contributed by atoms with E-state index in [2.05, 4.69) is 17.2 Å². The minimum atomic E-state index is -1.51. The molecule has 3 unspecified atom stereocenters. The highest BCUT2D eigenvalue weighted by atomic mass is 16.6. The fourth-order valence-corrected chi connectivity index (χ4v) is 4.49. The number of primary amides is 1. The normalized spacial score (nSPS) is 13.3. The highest BCUT2D eigenvalue weighted by Gasteiger charge is 2.39. The van der Waals surface area contributed by atoms with Crippen molar-refractivity contribution in [3.8, 4) is 5.75 Å². The maximum absolute atomic E-state index is 14.2. The van der Waals surface area contributed by atoms with E-state index in [1.54, 1.807) is 77.9 Å². The van der Waals surface area contributed by atoms with E-state index in [0.29, 0.717) is 0 Å². The first-order valence-corrected chi connectivity index (χ1v) is 15.0. The van der Waals surface area contributed by atoms with E-state index >= 15 is 0 Å². The number of carbonyl (C=O) groups is 5. The summed E-state index contributed by atoms with van der Waals surface area (Å²) in [7, 11) is 0. The molecule has 250 valence electrons. The number of ether oxygens (including phenoxy) is 2. The fourth-order valence-electron chi connectivity index (χ4n) is 4.49. The van der Waals surface area contributed by atoms with Gasteiger partial charge in [-0.3, -0.25) is 14.4 Å². The van der Waals surface area contributed by atoms with Gasteiger partial charge in [-0.25, -0.2) is 9.59 Å². The summed E-state index contributed by atoms with van der Waals surface area (Å²) in [5.41, 5.74) is 4.38. The third-order valence-corrected chi connectivity index (χ3v) is 6.36. The molecule has 0 aliphatic heterocycles. The van der Waals surface area contributed by atoms with Gasteiger partial charge in [-0.1, -0.05) is 54.6 Å². The fraction of sp³-hybridized carbons (Fsp3) is 0.441. The number of amides is 4. The number of hydrogen-bond donors (Lipinski definition) is 4. The second-order valence-electron chi connectivity index (χ2n) is 12.7. The highest BCUT2D eigenvalue weighted by molar-refractivity contribution is 5.94. The minimum Gasteiger partial charge on any atom is -0.508 e. The van der Waals surface area contributed by atoms with E-state index in [1.807, 2.05) is 6.07 Å². The van der Waals surface area contributed by atoms with Crippen molar-refractivity contribution in [3.63, 3.8) is 0 Å². The molecule has 2 aromatic carbocycles. The van der Waals surface area contributed by atoms with Crippen LogP contribution in [0.15, 0.2) is 67.3 Å².